The number of nitrogens with zero attached hydrogens (tertiary/aromatic N) is 2. The van der Waals surface area contributed by atoms with Crippen LogP contribution in [-0.2, 0) is 0 Å². The summed E-state index contributed by atoms with van der Waals surface area (Å²) in [6.07, 6.45) is 8.65. The minimum Gasteiger partial charge on any atom is -0.347 e. The van der Waals surface area contributed by atoms with Crippen molar-refractivity contribution < 1.29 is 4.79 Å². The van der Waals surface area contributed by atoms with Crippen LogP contribution in [-0.4, -0.2) is 21.9 Å². The van der Waals surface area contributed by atoms with Crippen molar-refractivity contribution in [3.63, 3.8) is 0 Å². The Labute approximate surface area is 92.4 Å². The van der Waals surface area contributed by atoms with Crippen molar-refractivity contribution >= 4 is 17.5 Å². The zero-order valence-corrected chi connectivity index (χ0v) is 8.74. The fourth-order valence-electron chi connectivity index (χ4n) is 1.45. The Morgan fingerprint density at radius 2 is 2.13 bits per heavy atom. The molecule has 0 saturated carbocycles. The maximum atomic E-state index is 11.7. The number of rotatable bonds is 2. The molecule has 15 heavy (non-hydrogen) atoms. The fourth-order valence-corrected chi connectivity index (χ4v) is 1.59. The first kappa shape index (κ1) is 10.1. The van der Waals surface area contributed by atoms with Gasteiger partial charge in [-0.3, -0.25) is 9.78 Å². The smallest absolute Gasteiger partial charge is 0.271 e. The molecule has 2 rings (SSSR count). The Balaban J connectivity index is 2.01. The third kappa shape index (κ3) is 2.53. The molecule has 4 nitrogen and oxygen atoms in total. The SMILES string of the molecule is O=C(NC1CC=CC1)c1cncc(Cl)n1. The van der Waals surface area contributed by atoms with Gasteiger partial charge in [-0.25, -0.2) is 4.98 Å². The Bertz CT molecular complexity index is 397. The molecule has 1 amide bonds. The van der Waals surface area contributed by atoms with E-state index in [9.17, 15) is 4.79 Å². The molecule has 5 heteroatoms. The molecule has 1 aromatic heterocycles. The van der Waals surface area contributed by atoms with Crippen molar-refractivity contribution in [3.05, 3.63) is 35.4 Å². The molecule has 0 aliphatic heterocycles. The van der Waals surface area contributed by atoms with Gasteiger partial charge in [0.25, 0.3) is 5.91 Å². The van der Waals surface area contributed by atoms with Gasteiger partial charge in [-0.05, 0) is 12.8 Å². The van der Waals surface area contributed by atoms with Gasteiger partial charge < -0.3 is 5.32 Å². The van der Waals surface area contributed by atoms with Crippen LogP contribution < -0.4 is 5.32 Å². The van der Waals surface area contributed by atoms with Crippen LogP contribution in [0.5, 0.6) is 0 Å². The first-order valence-corrected chi connectivity index (χ1v) is 5.07. The molecular weight excluding hydrogens is 214 g/mol. The van der Waals surface area contributed by atoms with Gasteiger partial charge in [-0.15, -0.1) is 0 Å². The number of amides is 1. The number of hydrogen-bond donors (Lipinski definition) is 1. The van der Waals surface area contributed by atoms with Crippen molar-refractivity contribution in [2.24, 2.45) is 0 Å². The normalized spacial score (nSPS) is 15.5. The average Bonchev–Trinajstić information content (AvgIpc) is 2.70. The van der Waals surface area contributed by atoms with E-state index in [-0.39, 0.29) is 22.8 Å². The van der Waals surface area contributed by atoms with E-state index in [4.69, 9.17) is 11.6 Å². The highest BCUT2D eigenvalue weighted by atomic mass is 35.5. The minimum absolute atomic E-state index is 0.179. The molecule has 0 spiro atoms. The number of hydrogen-bond acceptors (Lipinski definition) is 3. The predicted molar refractivity (Wildman–Crippen MR) is 56.7 cm³/mol. The molecule has 1 N–H and O–H groups in total. The van der Waals surface area contributed by atoms with E-state index in [0.29, 0.717) is 0 Å². The number of aromatic nitrogens is 2. The molecule has 1 aromatic rings. The van der Waals surface area contributed by atoms with E-state index >= 15 is 0 Å². The Hall–Kier alpha value is -1.42. The quantitative estimate of drug-likeness (QED) is 0.775. The molecule has 78 valence electrons. The van der Waals surface area contributed by atoms with E-state index in [1.165, 1.54) is 12.4 Å². The lowest BCUT2D eigenvalue weighted by Gasteiger charge is -2.10. The van der Waals surface area contributed by atoms with Gasteiger partial charge in [0.15, 0.2) is 0 Å². The van der Waals surface area contributed by atoms with Crippen LogP contribution in [0.3, 0.4) is 0 Å². The van der Waals surface area contributed by atoms with Crippen molar-refractivity contribution in [3.8, 4) is 0 Å². The van der Waals surface area contributed by atoms with Crippen LogP contribution in [0.1, 0.15) is 23.3 Å². The zero-order valence-electron chi connectivity index (χ0n) is 7.98. The molecule has 1 heterocycles. The third-order valence-electron chi connectivity index (χ3n) is 2.18. The van der Waals surface area contributed by atoms with Crippen molar-refractivity contribution in [2.75, 3.05) is 0 Å². The summed E-state index contributed by atoms with van der Waals surface area (Å²) in [7, 11) is 0. The summed E-state index contributed by atoms with van der Waals surface area (Å²) in [5.41, 5.74) is 0.259. The summed E-state index contributed by atoms with van der Waals surface area (Å²) in [5.74, 6) is -0.223. The molecular formula is C10H10ClN3O. The van der Waals surface area contributed by atoms with Crippen LogP contribution in [0.15, 0.2) is 24.5 Å². The zero-order chi connectivity index (χ0) is 10.7. The lowest BCUT2D eigenvalue weighted by Crippen LogP contribution is -2.33. The average molecular weight is 224 g/mol. The second-order valence-electron chi connectivity index (χ2n) is 3.34. The minimum atomic E-state index is -0.223. The lowest BCUT2D eigenvalue weighted by atomic mass is 10.2. The number of nitrogens with one attached hydrogen (secondary N) is 1. The van der Waals surface area contributed by atoms with E-state index in [1.54, 1.807) is 0 Å². The van der Waals surface area contributed by atoms with E-state index in [0.717, 1.165) is 12.8 Å². The maximum Gasteiger partial charge on any atom is 0.271 e. The standard InChI is InChI=1S/C10H10ClN3O/c11-9-6-12-5-8(14-9)10(15)13-7-3-1-2-4-7/h1-2,5-7H,3-4H2,(H,13,15). The lowest BCUT2D eigenvalue weighted by molar-refractivity contribution is 0.0933. The number of carbonyl (C=O) groups is 1. The van der Waals surface area contributed by atoms with Crippen molar-refractivity contribution in [1.82, 2.24) is 15.3 Å². The Morgan fingerprint density at radius 1 is 1.40 bits per heavy atom. The van der Waals surface area contributed by atoms with E-state index in [1.807, 2.05) is 0 Å². The van der Waals surface area contributed by atoms with Crippen LogP contribution >= 0.6 is 11.6 Å². The Morgan fingerprint density at radius 3 is 2.80 bits per heavy atom. The van der Waals surface area contributed by atoms with Gasteiger partial charge >= 0.3 is 0 Å². The predicted octanol–water partition coefficient (Wildman–Crippen LogP) is 1.58. The number of halogens is 1. The highest BCUT2D eigenvalue weighted by Crippen LogP contribution is 2.10. The Kier molecular flexibility index (Phi) is 2.97. The number of carbonyl (C=O) groups excluding carboxylic acids is 1. The summed E-state index contributed by atoms with van der Waals surface area (Å²) in [6.45, 7) is 0. The van der Waals surface area contributed by atoms with Gasteiger partial charge in [-0.1, -0.05) is 23.8 Å². The molecule has 0 bridgehead atoms. The third-order valence-corrected chi connectivity index (χ3v) is 2.36. The highest BCUT2D eigenvalue weighted by Gasteiger charge is 2.15. The van der Waals surface area contributed by atoms with Gasteiger partial charge in [0.05, 0.1) is 12.4 Å². The second kappa shape index (κ2) is 4.40. The van der Waals surface area contributed by atoms with Crippen LogP contribution in [0.2, 0.25) is 5.15 Å². The molecule has 0 aromatic carbocycles. The first-order valence-electron chi connectivity index (χ1n) is 4.69. The van der Waals surface area contributed by atoms with Gasteiger partial charge in [0.2, 0.25) is 0 Å². The molecule has 1 aliphatic rings. The fraction of sp³-hybridized carbons (Fsp3) is 0.300. The summed E-state index contributed by atoms with van der Waals surface area (Å²) in [6, 6.07) is 0.179. The van der Waals surface area contributed by atoms with Crippen LogP contribution in [0.25, 0.3) is 0 Å². The summed E-state index contributed by atoms with van der Waals surface area (Å²) in [4.78, 5) is 19.3. The maximum absolute atomic E-state index is 11.7. The second-order valence-corrected chi connectivity index (χ2v) is 3.73. The van der Waals surface area contributed by atoms with E-state index in [2.05, 4.69) is 27.4 Å². The molecule has 0 fully saturated rings. The monoisotopic (exact) mass is 223 g/mol. The van der Waals surface area contributed by atoms with Gasteiger partial charge in [0, 0.05) is 6.04 Å². The van der Waals surface area contributed by atoms with Crippen molar-refractivity contribution in [2.45, 2.75) is 18.9 Å². The molecule has 0 unspecified atom stereocenters. The summed E-state index contributed by atoms with van der Waals surface area (Å²) < 4.78 is 0. The highest BCUT2D eigenvalue weighted by molar-refractivity contribution is 6.29. The molecule has 0 atom stereocenters. The summed E-state index contributed by atoms with van der Waals surface area (Å²) in [5, 5.41) is 3.09. The van der Waals surface area contributed by atoms with Crippen LogP contribution in [0.4, 0.5) is 0 Å². The first-order chi connectivity index (χ1) is 7.25. The largest absolute Gasteiger partial charge is 0.347 e. The van der Waals surface area contributed by atoms with Crippen LogP contribution in [0, 0.1) is 0 Å². The molecule has 0 radical (unpaired) electrons. The van der Waals surface area contributed by atoms with Crippen molar-refractivity contribution in [1.29, 1.82) is 0 Å². The van der Waals surface area contributed by atoms with Gasteiger partial charge in [0.1, 0.15) is 10.8 Å². The van der Waals surface area contributed by atoms with E-state index < -0.39 is 0 Å². The summed E-state index contributed by atoms with van der Waals surface area (Å²) >= 11 is 5.64. The molecule has 1 aliphatic carbocycles. The van der Waals surface area contributed by atoms with Gasteiger partial charge in [-0.2, -0.15) is 0 Å². The molecule has 0 saturated heterocycles. The topological polar surface area (TPSA) is 54.9 Å².